The first-order chi connectivity index (χ1) is 9.15. The fourth-order valence-electron chi connectivity index (χ4n) is 2.04. The van der Waals surface area contributed by atoms with Gasteiger partial charge in [-0.2, -0.15) is 0 Å². The standard InChI is InChI=1S/C14H21N3O2/c1-16-6-8-17(9-7-16)10-11-19-14(18)12-2-4-13(15)5-3-12/h2-5H,6-11,15H2,1H3. The molecule has 1 aliphatic heterocycles. The van der Waals surface area contributed by atoms with Crippen molar-refractivity contribution in [3.63, 3.8) is 0 Å². The Balaban J connectivity index is 1.70. The predicted molar refractivity (Wildman–Crippen MR) is 75.1 cm³/mol. The molecule has 5 nitrogen and oxygen atoms in total. The summed E-state index contributed by atoms with van der Waals surface area (Å²) in [5.41, 5.74) is 6.77. The number of carbonyl (C=O) groups is 1. The van der Waals surface area contributed by atoms with Crippen molar-refractivity contribution < 1.29 is 9.53 Å². The Hall–Kier alpha value is -1.59. The lowest BCUT2D eigenvalue weighted by atomic mass is 10.2. The SMILES string of the molecule is CN1CCN(CCOC(=O)c2ccc(N)cc2)CC1. The number of piperazine rings is 1. The van der Waals surface area contributed by atoms with E-state index in [2.05, 4.69) is 16.8 Å². The highest BCUT2D eigenvalue weighted by molar-refractivity contribution is 5.89. The minimum Gasteiger partial charge on any atom is -0.461 e. The fourth-order valence-corrected chi connectivity index (χ4v) is 2.04. The molecule has 0 atom stereocenters. The van der Waals surface area contributed by atoms with Gasteiger partial charge in [-0.1, -0.05) is 0 Å². The molecule has 1 fully saturated rings. The normalized spacial score (nSPS) is 17.3. The predicted octanol–water partition coefficient (Wildman–Crippen LogP) is 0.673. The van der Waals surface area contributed by atoms with Gasteiger partial charge in [-0.15, -0.1) is 0 Å². The van der Waals surface area contributed by atoms with Crippen molar-refractivity contribution in [2.45, 2.75) is 0 Å². The molecule has 0 bridgehead atoms. The van der Waals surface area contributed by atoms with Gasteiger partial charge in [0.1, 0.15) is 6.61 Å². The maximum Gasteiger partial charge on any atom is 0.338 e. The van der Waals surface area contributed by atoms with Crippen LogP contribution in [0, 0.1) is 0 Å². The van der Waals surface area contributed by atoms with Crippen LogP contribution in [0.3, 0.4) is 0 Å². The van der Waals surface area contributed by atoms with E-state index in [-0.39, 0.29) is 5.97 Å². The number of carbonyl (C=O) groups excluding carboxylic acids is 1. The molecule has 0 spiro atoms. The molecule has 0 aliphatic carbocycles. The molecule has 2 N–H and O–H groups in total. The molecule has 1 aromatic rings. The van der Waals surface area contributed by atoms with Crippen LogP contribution in [0.5, 0.6) is 0 Å². The Morgan fingerprint density at radius 2 is 1.84 bits per heavy atom. The maximum atomic E-state index is 11.8. The Morgan fingerprint density at radius 1 is 1.21 bits per heavy atom. The second-order valence-electron chi connectivity index (χ2n) is 4.90. The van der Waals surface area contributed by atoms with Gasteiger partial charge < -0.3 is 15.4 Å². The smallest absolute Gasteiger partial charge is 0.338 e. The summed E-state index contributed by atoms with van der Waals surface area (Å²) in [4.78, 5) is 16.4. The minimum atomic E-state index is -0.283. The van der Waals surface area contributed by atoms with Crippen molar-refractivity contribution >= 4 is 11.7 Å². The van der Waals surface area contributed by atoms with E-state index < -0.39 is 0 Å². The maximum absolute atomic E-state index is 11.8. The average Bonchev–Trinajstić information content (AvgIpc) is 2.41. The van der Waals surface area contributed by atoms with Crippen molar-refractivity contribution in [2.75, 3.05) is 52.1 Å². The third-order valence-electron chi connectivity index (χ3n) is 3.38. The monoisotopic (exact) mass is 263 g/mol. The van der Waals surface area contributed by atoms with E-state index in [1.165, 1.54) is 0 Å². The van der Waals surface area contributed by atoms with Crippen LogP contribution in [-0.4, -0.2) is 62.1 Å². The summed E-state index contributed by atoms with van der Waals surface area (Å²) < 4.78 is 5.26. The number of anilines is 1. The zero-order chi connectivity index (χ0) is 13.7. The number of rotatable bonds is 4. The van der Waals surface area contributed by atoms with E-state index in [1.54, 1.807) is 24.3 Å². The molecule has 0 radical (unpaired) electrons. The molecule has 1 aromatic carbocycles. The molecule has 0 saturated carbocycles. The van der Waals surface area contributed by atoms with Crippen LogP contribution in [0.2, 0.25) is 0 Å². The quantitative estimate of drug-likeness (QED) is 0.639. The zero-order valence-electron chi connectivity index (χ0n) is 11.3. The van der Waals surface area contributed by atoms with Gasteiger partial charge >= 0.3 is 5.97 Å². The number of nitrogens with two attached hydrogens (primary N) is 1. The van der Waals surface area contributed by atoms with Crippen LogP contribution in [0.1, 0.15) is 10.4 Å². The van der Waals surface area contributed by atoms with Crippen LogP contribution in [0.4, 0.5) is 5.69 Å². The van der Waals surface area contributed by atoms with Crippen molar-refractivity contribution in [1.82, 2.24) is 9.80 Å². The first kappa shape index (κ1) is 13.8. The molecule has 1 aliphatic rings. The molecule has 0 amide bonds. The topological polar surface area (TPSA) is 58.8 Å². The number of ether oxygens (including phenoxy) is 1. The summed E-state index contributed by atoms with van der Waals surface area (Å²) in [6.07, 6.45) is 0. The second-order valence-corrected chi connectivity index (χ2v) is 4.90. The Morgan fingerprint density at radius 3 is 2.47 bits per heavy atom. The lowest BCUT2D eigenvalue weighted by Gasteiger charge is -2.32. The van der Waals surface area contributed by atoms with Gasteiger partial charge in [-0.25, -0.2) is 4.79 Å². The Kier molecular flexibility index (Phi) is 4.76. The molecule has 19 heavy (non-hydrogen) atoms. The van der Waals surface area contributed by atoms with Gasteiger partial charge in [-0.3, -0.25) is 4.90 Å². The van der Waals surface area contributed by atoms with E-state index in [9.17, 15) is 4.79 Å². The van der Waals surface area contributed by atoms with Gasteiger partial charge in [0.15, 0.2) is 0 Å². The van der Waals surface area contributed by atoms with Gasteiger partial charge in [0.25, 0.3) is 0 Å². The van der Waals surface area contributed by atoms with E-state index in [1.807, 2.05) is 0 Å². The molecule has 5 heteroatoms. The molecule has 0 aromatic heterocycles. The Labute approximate surface area is 113 Å². The lowest BCUT2D eigenvalue weighted by Crippen LogP contribution is -2.45. The minimum absolute atomic E-state index is 0.283. The molecule has 1 saturated heterocycles. The van der Waals surface area contributed by atoms with Crippen LogP contribution in [0.25, 0.3) is 0 Å². The lowest BCUT2D eigenvalue weighted by molar-refractivity contribution is 0.0432. The van der Waals surface area contributed by atoms with Crippen molar-refractivity contribution in [3.8, 4) is 0 Å². The second kappa shape index (κ2) is 6.54. The van der Waals surface area contributed by atoms with E-state index in [4.69, 9.17) is 10.5 Å². The number of benzene rings is 1. The highest BCUT2D eigenvalue weighted by Crippen LogP contribution is 2.07. The van der Waals surface area contributed by atoms with Crippen LogP contribution in [-0.2, 0) is 4.74 Å². The number of nitrogen functional groups attached to an aromatic ring is 1. The van der Waals surface area contributed by atoms with E-state index in [0.29, 0.717) is 17.9 Å². The third kappa shape index (κ3) is 4.22. The van der Waals surface area contributed by atoms with Crippen LogP contribution >= 0.6 is 0 Å². The van der Waals surface area contributed by atoms with Gasteiger partial charge in [-0.05, 0) is 31.3 Å². The number of hydrogen-bond donors (Lipinski definition) is 1. The molecule has 1 heterocycles. The fraction of sp³-hybridized carbons (Fsp3) is 0.500. The summed E-state index contributed by atoms with van der Waals surface area (Å²) in [5, 5.41) is 0. The summed E-state index contributed by atoms with van der Waals surface area (Å²) in [6.45, 7) is 5.46. The van der Waals surface area contributed by atoms with Gasteiger partial charge in [0, 0.05) is 38.4 Å². The molecule has 0 unspecified atom stereocenters. The molecule has 2 rings (SSSR count). The Bertz CT molecular complexity index is 411. The zero-order valence-corrected chi connectivity index (χ0v) is 11.3. The number of hydrogen-bond acceptors (Lipinski definition) is 5. The largest absolute Gasteiger partial charge is 0.461 e. The van der Waals surface area contributed by atoms with Gasteiger partial charge in [0.2, 0.25) is 0 Å². The third-order valence-corrected chi connectivity index (χ3v) is 3.38. The van der Waals surface area contributed by atoms with Crippen molar-refractivity contribution in [3.05, 3.63) is 29.8 Å². The van der Waals surface area contributed by atoms with Crippen molar-refractivity contribution in [1.29, 1.82) is 0 Å². The molecular formula is C14H21N3O2. The van der Waals surface area contributed by atoms with E-state index in [0.717, 1.165) is 32.7 Å². The summed E-state index contributed by atoms with van der Waals surface area (Å²) in [5.74, 6) is -0.283. The highest BCUT2D eigenvalue weighted by Gasteiger charge is 2.14. The summed E-state index contributed by atoms with van der Waals surface area (Å²) in [7, 11) is 2.12. The van der Waals surface area contributed by atoms with Crippen LogP contribution in [0.15, 0.2) is 24.3 Å². The first-order valence-corrected chi connectivity index (χ1v) is 6.59. The highest BCUT2D eigenvalue weighted by atomic mass is 16.5. The van der Waals surface area contributed by atoms with Crippen LogP contribution < -0.4 is 5.73 Å². The molecular weight excluding hydrogens is 242 g/mol. The summed E-state index contributed by atoms with van der Waals surface area (Å²) >= 11 is 0. The number of likely N-dealkylation sites (N-methyl/N-ethyl adjacent to an activating group) is 1. The number of esters is 1. The molecule has 104 valence electrons. The van der Waals surface area contributed by atoms with Crippen molar-refractivity contribution in [2.24, 2.45) is 0 Å². The van der Waals surface area contributed by atoms with E-state index >= 15 is 0 Å². The average molecular weight is 263 g/mol. The number of nitrogens with zero attached hydrogens (tertiary/aromatic N) is 2. The first-order valence-electron chi connectivity index (χ1n) is 6.59. The summed E-state index contributed by atoms with van der Waals surface area (Å²) in [6, 6.07) is 6.79. The van der Waals surface area contributed by atoms with Gasteiger partial charge in [0.05, 0.1) is 5.56 Å².